The zero-order valence-corrected chi connectivity index (χ0v) is 27.9. The number of nitrogens with one attached hydrogen (secondary N) is 1. The Hall–Kier alpha value is -2.85. The molecule has 0 aromatic heterocycles. The van der Waals surface area contributed by atoms with Gasteiger partial charge in [0.1, 0.15) is 30.1 Å². The van der Waals surface area contributed by atoms with E-state index in [0.29, 0.717) is 25.6 Å². The predicted molar refractivity (Wildman–Crippen MR) is 179 cm³/mol. The summed E-state index contributed by atoms with van der Waals surface area (Å²) in [7, 11) is 3.74. The van der Waals surface area contributed by atoms with Crippen LogP contribution in [0.1, 0.15) is 45.4 Å². The molecule has 0 aromatic carbocycles. The highest BCUT2D eigenvalue weighted by atomic mass is 19.1. The molecule has 1 saturated carbocycles. The van der Waals surface area contributed by atoms with Gasteiger partial charge in [0, 0.05) is 69.3 Å². The third kappa shape index (κ3) is 7.48. The summed E-state index contributed by atoms with van der Waals surface area (Å²) in [6, 6.07) is -0.0336. The van der Waals surface area contributed by atoms with Gasteiger partial charge in [-0.3, -0.25) is 0 Å². The van der Waals surface area contributed by atoms with Crippen LogP contribution < -0.4 is 11.1 Å². The fourth-order valence-corrected chi connectivity index (χ4v) is 8.00. The third-order valence-corrected chi connectivity index (χ3v) is 10.4. The number of ether oxygens (including phenoxy) is 4. The highest BCUT2D eigenvalue weighted by molar-refractivity contribution is 5.37. The molecule has 6 atom stereocenters. The second-order valence-corrected chi connectivity index (χ2v) is 13.7. The first-order valence-corrected chi connectivity index (χ1v) is 17.3. The molecule has 0 amide bonds. The quantitative estimate of drug-likeness (QED) is 0.241. The van der Waals surface area contributed by atoms with Crippen LogP contribution in [0.3, 0.4) is 0 Å². The van der Waals surface area contributed by atoms with Crippen LogP contribution in [-0.2, 0) is 18.9 Å². The average Bonchev–Trinajstić information content (AvgIpc) is 3.65. The van der Waals surface area contributed by atoms with E-state index in [1.54, 1.807) is 13.2 Å². The fourth-order valence-electron chi connectivity index (χ4n) is 8.00. The van der Waals surface area contributed by atoms with Crippen LogP contribution in [-0.4, -0.2) is 94.8 Å². The van der Waals surface area contributed by atoms with Crippen molar-refractivity contribution >= 4 is 0 Å². The fraction of sp³-hybridized carbons (Fsp3) is 0.622. The average molecular weight is 637 g/mol. The van der Waals surface area contributed by atoms with Gasteiger partial charge in [-0.15, -0.1) is 0 Å². The van der Waals surface area contributed by atoms with Crippen LogP contribution in [0.15, 0.2) is 82.9 Å². The minimum absolute atomic E-state index is 0.0211. The first-order chi connectivity index (χ1) is 22.4. The van der Waals surface area contributed by atoms with E-state index in [2.05, 4.69) is 64.6 Å². The number of hydrogen-bond donors (Lipinski definition) is 2. The van der Waals surface area contributed by atoms with E-state index in [0.717, 1.165) is 88.7 Å². The summed E-state index contributed by atoms with van der Waals surface area (Å²) in [6.07, 6.45) is 22.4. The summed E-state index contributed by atoms with van der Waals surface area (Å²) in [5.74, 6) is 2.41. The lowest BCUT2D eigenvalue weighted by atomic mass is 9.76. The number of halogens is 1. The highest BCUT2D eigenvalue weighted by Crippen LogP contribution is 2.63. The standard InChI is InChI=1S/C37H53FN4O4/c1-26(39)36(35(23-40-2)45-25-27-8-10-33-34(11-9-27)44-19-17-41(33)15-5-18-43-3)37-14-12-31(20-28(37)22-37)46-32-13-16-42(24-32)30-7-4-6-29(38)21-30/h7,9-12,14,20-21,26,28,32,35-36,40H,4-6,8,13,15-19,22-25,39H2,1-3H3/t26-,28?,32-,35-,36-,37?/m0/s1. The van der Waals surface area contributed by atoms with Crippen molar-refractivity contribution in [2.24, 2.45) is 23.0 Å². The lowest BCUT2D eigenvalue weighted by Gasteiger charge is -2.37. The second kappa shape index (κ2) is 14.9. The second-order valence-electron chi connectivity index (χ2n) is 13.7. The van der Waals surface area contributed by atoms with Crippen molar-refractivity contribution in [2.45, 2.75) is 63.7 Å². The molecule has 6 aliphatic rings. The van der Waals surface area contributed by atoms with E-state index in [1.807, 2.05) is 7.05 Å². The minimum atomic E-state index is -0.0374. The van der Waals surface area contributed by atoms with Crippen LogP contribution in [0.5, 0.6) is 0 Å². The molecule has 3 fully saturated rings. The Morgan fingerprint density at radius 1 is 1.24 bits per heavy atom. The Bertz CT molecular complexity index is 1320. The van der Waals surface area contributed by atoms with Gasteiger partial charge in [-0.25, -0.2) is 4.39 Å². The smallest absolute Gasteiger partial charge is 0.142 e. The summed E-state index contributed by atoms with van der Waals surface area (Å²) in [6.45, 7) is 8.40. The predicted octanol–water partition coefficient (Wildman–Crippen LogP) is 5.10. The number of rotatable bonds is 15. The van der Waals surface area contributed by atoms with Gasteiger partial charge in [-0.05, 0) is 75.4 Å². The van der Waals surface area contributed by atoms with Crippen molar-refractivity contribution in [3.8, 4) is 0 Å². The van der Waals surface area contributed by atoms with Gasteiger partial charge in [0.05, 0.1) is 31.5 Å². The molecule has 3 N–H and O–H groups in total. The maximum Gasteiger partial charge on any atom is 0.142 e. The molecule has 9 heteroatoms. The summed E-state index contributed by atoms with van der Waals surface area (Å²) < 4.78 is 38.4. The molecule has 8 nitrogen and oxygen atoms in total. The molecular formula is C37H53FN4O4. The summed E-state index contributed by atoms with van der Waals surface area (Å²) in [4.78, 5) is 4.66. The van der Waals surface area contributed by atoms with Crippen molar-refractivity contribution in [1.29, 1.82) is 0 Å². The number of likely N-dealkylation sites (N-methyl/N-ethyl adjacent to an activating group) is 1. The summed E-state index contributed by atoms with van der Waals surface area (Å²) in [5.41, 5.74) is 10.1. The number of fused-ring (bicyclic) bond motifs is 2. The molecule has 252 valence electrons. The molecule has 0 spiro atoms. The first kappa shape index (κ1) is 33.1. The maximum absolute atomic E-state index is 13.8. The largest absolute Gasteiger partial charge is 0.490 e. The molecule has 46 heavy (non-hydrogen) atoms. The Morgan fingerprint density at radius 3 is 2.91 bits per heavy atom. The van der Waals surface area contributed by atoms with Crippen molar-refractivity contribution in [3.63, 3.8) is 0 Å². The van der Waals surface area contributed by atoms with Crippen LogP contribution in [0.2, 0.25) is 0 Å². The van der Waals surface area contributed by atoms with Crippen molar-refractivity contribution in [1.82, 2.24) is 15.1 Å². The monoisotopic (exact) mass is 636 g/mol. The van der Waals surface area contributed by atoms with E-state index >= 15 is 0 Å². The topological polar surface area (TPSA) is 81.4 Å². The number of hydrogen-bond acceptors (Lipinski definition) is 8. The molecule has 2 heterocycles. The molecule has 0 bridgehead atoms. The van der Waals surface area contributed by atoms with Gasteiger partial charge in [0.15, 0.2) is 0 Å². The van der Waals surface area contributed by atoms with Gasteiger partial charge in [0.2, 0.25) is 0 Å². The van der Waals surface area contributed by atoms with Gasteiger partial charge < -0.3 is 39.8 Å². The van der Waals surface area contributed by atoms with Gasteiger partial charge in [0.25, 0.3) is 0 Å². The van der Waals surface area contributed by atoms with E-state index in [9.17, 15) is 4.39 Å². The number of morpholine rings is 1. The Kier molecular flexibility index (Phi) is 10.7. The zero-order chi connectivity index (χ0) is 32.1. The lowest BCUT2D eigenvalue weighted by molar-refractivity contribution is -0.00272. The number of allylic oxidation sites excluding steroid dienone is 9. The third-order valence-electron chi connectivity index (χ3n) is 10.4. The molecule has 2 aliphatic heterocycles. The Morgan fingerprint density at radius 2 is 2.13 bits per heavy atom. The Labute approximate surface area is 274 Å². The molecule has 6 rings (SSSR count). The van der Waals surface area contributed by atoms with Gasteiger partial charge >= 0.3 is 0 Å². The number of nitrogens with zero attached hydrogens (tertiary/aromatic N) is 2. The van der Waals surface area contributed by atoms with E-state index < -0.39 is 0 Å². The number of nitrogens with two attached hydrogens (primary N) is 1. The zero-order valence-electron chi connectivity index (χ0n) is 27.9. The molecular weight excluding hydrogens is 583 g/mol. The van der Waals surface area contributed by atoms with Gasteiger partial charge in [-0.1, -0.05) is 24.3 Å². The van der Waals surface area contributed by atoms with Crippen LogP contribution in [0.4, 0.5) is 4.39 Å². The Balaban J connectivity index is 1.06. The highest BCUT2D eigenvalue weighted by Gasteiger charge is 2.60. The molecule has 0 aromatic rings. The van der Waals surface area contributed by atoms with Crippen molar-refractivity contribution in [3.05, 3.63) is 82.9 Å². The normalized spacial score (nSPS) is 29.1. The minimum Gasteiger partial charge on any atom is -0.490 e. The van der Waals surface area contributed by atoms with Crippen molar-refractivity contribution < 1.29 is 23.3 Å². The van der Waals surface area contributed by atoms with Gasteiger partial charge in [-0.2, -0.15) is 0 Å². The lowest BCUT2D eigenvalue weighted by Crippen LogP contribution is -2.47. The maximum atomic E-state index is 13.8. The van der Waals surface area contributed by atoms with Crippen LogP contribution in [0.25, 0.3) is 0 Å². The SMILES string of the molecule is CNC[C@H](OCC1=CC=C2OCCN(CCCOC)C2=CC1)[C@H]([C@H](C)N)C12C=CC(O[C@H]3CCN(C4=CCCC(F)=C4)C3)=CC1C2. The van der Waals surface area contributed by atoms with E-state index in [-0.39, 0.29) is 35.4 Å². The molecule has 2 saturated heterocycles. The number of likely N-dealkylation sites (tertiary alicyclic amines) is 1. The molecule has 4 aliphatic carbocycles. The molecule has 2 unspecified atom stereocenters. The molecule has 0 radical (unpaired) electrons. The van der Waals surface area contributed by atoms with E-state index in [1.165, 1.54) is 11.3 Å². The summed E-state index contributed by atoms with van der Waals surface area (Å²) >= 11 is 0. The summed E-state index contributed by atoms with van der Waals surface area (Å²) in [5, 5.41) is 3.38. The number of methoxy groups -OCH3 is 1. The van der Waals surface area contributed by atoms with Crippen LogP contribution >= 0.6 is 0 Å². The van der Waals surface area contributed by atoms with Crippen LogP contribution in [0, 0.1) is 17.3 Å². The first-order valence-electron chi connectivity index (χ1n) is 17.3. The van der Waals surface area contributed by atoms with Crippen molar-refractivity contribution in [2.75, 3.05) is 66.7 Å². The van der Waals surface area contributed by atoms with E-state index in [4.69, 9.17) is 24.7 Å².